The molecule has 4 heterocycles. The fourth-order valence-electron chi connectivity index (χ4n) is 4.10. The van der Waals surface area contributed by atoms with Crippen molar-refractivity contribution in [3.05, 3.63) is 29.8 Å². The van der Waals surface area contributed by atoms with Gasteiger partial charge in [-0.25, -0.2) is 9.78 Å². The summed E-state index contributed by atoms with van der Waals surface area (Å²) in [5, 5.41) is 2.42. The first kappa shape index (κ1) is 25.6. The first-order valence-corrected chi connectivity index (χ1v) is 11.9. The normalized spacial score (nSPS) is 16.9. The Balaban J connectivity index is 1.40. The third-order valence-corrected chi connectivity index (χ3v) is 5.92. The van der Waals surface area contributed by atoms with Crippen LogP contribution in [0.15, 0.2) is 22.7 Å². The van der Waals surface area contributed by atoms with Gasteiger partial charge in [-0.3, -0.25) is 4.79 Å². The number of alkyl halides is 3. The van der Waals surface area contributed by atoms with Gasteiger partial charge in [-0.1, -0.05) is 0 Å². The number of carbonyl (C=O) groups is 2. The quantitative estimate of drug-likeness (QED) is 0.644. The van der Waals surface area contributed by atoms with Gasteiger partial charge >= 0.3 is 12.3 Å². The van der Waals surface area contributed by atoms with Crippen LogP contribution in [0.5, 0.6) is 0 Å². The summed E-state index contributed by atoms with van der Waals surface area (Å²) in [6.07, 6.45) is -1.40. The SMILES string of the molecule is CC(C)OC(=O)N1CCN(c2ccc(NC(=O)c3oc(N4CCCCC4)nc3C(F)(F)F)cn2)CC1. The highest BCUT2D eigenvalue weighted by Gasteiger charge is 2.42. The highest BCUT2D eigenvalue weighted by atomic mass is 19.4. The molecule has 2 saturated heterocycles. The number of nitrogens with one attached hydrogen (secondary N) is 1. The molecular formula is C23H29F3N6O4. The monoisotopic (exact) mass is 510 g/mol. The van der Waals surface area contributed by atoms with Gasteiger partial charge in [0.25, 0.3) is 11.9 Å². The minimum absolute atomic E-state index is 0.194. The molecule has 13 heteroatoms. The van der Waals surface area contributed by atoms with Gasteiger partial charge in [0, 0.05) is 39.3 Å². The molecule has 2 aromatic heterocycles. The Kier molecular flexibility index (Phi) is 7.55. The summed E-state index contributed by atoms with van der Waals surface area (Å²) in [6, 6.07) is 3.01. The minimum atomic E-state index is -4.84. The Bertz CT molecular complexity index is 1060. The lowest BCUT2D eigenvalue weighted by Gasteiger charge is -2.35. The zero-order chi connectivity index (χ0) is 25.9. The molecule has 0 aliphatic carbocycles. The van der Waals surface area contributed by atoms with E-state index in [4.69, 9.17) is 9.15 Å². The molecule has 0 aromatic carbocycles. The molecule has 0 spiro atoms. The average molecular weight is 511 g/mol. The number of hydrogen-bond acceptors (Lipinski definition) is 8. The van der Waals surface area contributed by atoms with E-state index in [2.05, 4.69) is 15.3 Å². The standard InChI is InChI=1S/C23H29F3N6O4/c1-15(2)35-22(34)32-12-10-30(11-13-32)17-7-6-16(14-27-17)28-20(33)18-19(23(24,25)26)29-21(36-18)31-8-4-3-5-9-31/h6-7,14-15H,3-5,8-13H2,1-2H3,(H,28,33). The summed E-state index contributed by atoms with van der Waals surface area (Å²) in [5.41, 5.74) is -1.13. The minimum Gasteiger partial charge on any atom is -0.447 e. The molecule has 2 aliphatic heterocycles. The maximum Gasteiger partial charge on any atom is 0.437 e. The van der Waals surface area contributed by atoms with Crippen LogP contribution in [0.1, 0.15) is 49.4 Å². The third-order valence-electron chi connectivity index (χ3n) is 5.92. The van der Waals surface area contributed by atoms with Gasteiger partial charge in [0.05, 0.1) is 18.0 Å². The predicted octanol–water partition coefficient (Wildman–Crippen LogP) is 4.00. The third kappa shape index (κ3) is 6.00. The zero-order valence-corrected chi connectivity index (χ0v) is 20.2. The molecule has 0 saturated carbocycles. The van der Waals surface area contributed by atoms with E-state index in [9.17, 15) is 22.8 Å². The second-order valence-electron chi connectivity index (χ2n) is 8.99. The number of nitrogens with zero attached hydrogens (tertiary/aromatic N) is 5. The van der Waals surface area contributed by atoms with Crippen LogP contribution in [-0.4, -0.2) is 72.2 Å². The Morgan fingerprint density at radius 1 is 1.03 bits per heavy atom. The topological polar surface area (TPSA) is 104 Å². The smallest absolute Gasteiger partial charge is 0.437 e. The Hall–Kier alpha value is -3.51. The molecule has 0 unspecified atom stereocenters. The molecule has 4 rings (SSSR count). The van der Waals surface area contributed by atoms with Gasteiger partial charge in [-0.15, -0.1) is 0 Å². The molecule has 2 aromatic rings. The summed E-state index contributed by atoms with van der Waals surface area (Å²) >= 11 is 0. The second kappa shape index (κ2) is 10.6. The summed E-state index contributed by atoms with van der Waals surface area (Å²) < 4.78 is 51.2. The first-order valence-electron chi connectivity index (χ1n) is 11.9. The molecule has 2 aliphatic rings. The number of halogens is 3. The number of oxazole rings is 1. The highest BCUT2D eigenvalue weighted by molar-refractivity contribution is 6.03. The van der Waals surface area contributed by atoms with Gasteiger partial charge in [0.2, 0.25) is 5.76 Å². The van der Waals surface area contributed by atoms with Crippen molar-refractivity contribution in [1.82, 2.24) is 14.9 Å². The Morgan fingerprint density at radius 3 is 2.31 bits per heavy atom. The number of piperidine rings is 1. The highest BCUT2D eigenvalue weighted by Crippen LogP contribution is 2.35. The lowest BCUT2D eigenvalue weighted by Crippen LogP contribution is -2.49. The molecule has 0 bridgehead atoms. The van der Waals surface area contributed by atoms with Crippen molar-refractivity contribution in [2.24, 2.45) is 0 Å². The largest absolute Gasteiger partial charge is 0.447 e. The van der Waals surface area contributed by atoms with Crippen LogP contribution < -0.4 is 15.1 Å². The molecule has 0 atom stereocenters. The molecule has 0 radical (unpaired) electrons. The van der Waals surface area contributed by atoms with Gasteiger partial charge in [0.15, 0.2) is 5.69 Å². The van der Waals surface area contributed by atoms with Crippen LogP contribution in [0.25, 0.3) is 0 Å². The van der Waals surface area contributed by atoms with Gasteiger partial charge in [-0.2, -0.15) is 18.2 Å². The maximum atomic E-state index is 13.6. The van der Waals surface area contributed by atoms with Crippen molar-refractivity contribution in [3.8, 4) is 0 Å². The van der Waals surface area contributed by atoms with Crippen molar-refractivity contribution in [3.63, 3.8) is 0 Å². The van der Waals surface area contributed by atoms with Crippen LogP contribution in [0.3, 0.4) is 0 Å². The van der Waals surface area contributed by atoms with Gasteiger partial charge in [-0.05, 0) is 45.2 Å². The summed E-state index contributed by atoms with van der Waals surface area (Å²) in [5.74, 6) is -1.31. The van der Waals surface area contributed by atoms with E-state index in [-0.39, 0.29) is 23.9 Å². The molecule has 2 fully saturated rings. The van der Waals surface area contributed by atoms with Crippen LogP contribution in [0.4, 0.5) is 35.5 Å². The van der Waals surface area contributed by atoms with Crippen molar-refractivity contribution in [2.75, 3.05) is 54.4 Å². The lowest BCUT2D eigenvalue weighted by molar-refractivity contribution is -0.141. The Morgan fingerprint density at radius 2 is 1.72 bits per heavy atom. The fraction of sp³-hybridized carbons (Fsp3) is 0.565. The summed E-state index contributed by atoms with van der Waals surface area (Å²) in [7, 11) is 0. The molecular weight excluding hydrogens is 481 g/mol. The van der Waals surface area contributed by atoms with Gasteiger partial charge < -0.3 is 29.2 Å². The van der Waals surface area contributed by atoms with E-state index in [0.717, 1.165) is 19.3 Å². The van der Waals surface area contributed by atoms with Crippen molar-refractivity contribution < 1.29 is 31.9 Å². The van der Waals surface area contributed by atoms with E-state index in [1.54, 1.807) is 35.8 Å². The molecule has 2 amide bonds. The molecule has 1 N–H and O–H groups in total. The average Bonchev–Trinajstić information content (AvgIpc) is 3.31. The number of hydrogen-bond donors (Lipinski definition) is 1. The number of ether oxygens (including phenoxy) is 1. The summed E-state index contributed by atoms with van der Waals surface area (Å²) in [4.78, 5) is 37.8. The van der Waals surface area contributed by atoms with E-state index in [0.29, 0.717) is 45.1 Å². The van der Waals surface area contributed by atoms with Crippen molar-refractivity contribution >= 4 is 29.5 Å². The van der Waals surface area contributed by atoms with E-state index >= 15 is 0 Å². The van der Waals surface area contributed by atoms with Crippen LogP contribution in [0.2, 0.25) is 0 Å². The number of rotatable bonds is 5. The number of piperazine rings is 1. The number of aromatic nitrogens is 2. The van der Waals surface area contributed by atoms with E-state index in [1.807, 2.05) is 4.90 Å². The lowest BCUT2D eigenvalue weighted by atomic mass is 10.1. The van der Waals surface area contributed by atoms with E-state index in [1.165, 1.54) is 6.20 Å². The number of carbonyl (C=O) groups excluding carboxylic acids is 2. The number of anilines is 3. The zero-order valence-electron chi connectivity index (χ0n) is 20.2. The van der Waals surface area contributed by atoms with Crippen molar-refractivity contribution in [2.45, 2.75) is 45.4 Å². The van der Waals surface area contributed by atoms with E-state index < -0.39 is 23.5 Å². The van der Waals surface area contributed by atoms with Crippen LogP contribution >= 0.6 is 0 Å². The molecule has 196 valence electrons. The molecule has 36 heavy (non-hydrogen) atoms. The fourth-order valence-corrected chi connectivity index (χ4v) is 4.10. The second-order valence-corrected chi connectivity index (χ2v) is 8.99. The first-order chi connectivity index (χ1) is 17.1. The van der Waals surface area contributed by atoms with Crippen LogP contribution in [0, 0.1) is 0 Å². The maximum absolute atomic E-state index is 13.6. The van der Waals surface area contributed by atoms with Gasteiger partial charge in [0.1, 0.15) is 5.82 Å². The number of amides is 2. The number of pyridine rings is 1. The molecule has 10 nitrogen and oxygen atoms in total. The summed E-state index contributed by atoms with van der Waals surface area (Å²) in [6.45, 7) is 6.65. The Labute approximate surface area is 206 Å². The van der Waals surface area contributed by atoms with Crippen molar-refractivity contribution in [1.29, 1.82) is 0 Å². The predicted molar refractivity (Wildman–Crippen MR) is 125 cm³/mol. The van der Waals surface area contributed by atoms with Crippen LogP contribution in [-0.2, 0) is 10.9 Å².